The molecule has 0 radical (unpaired) electrons. The number of hydrogen-bond donors (Lipinski definition) is 1. The summed E-state index contributed by atoms with van der Waals surface area (Å²) in [6, 6.07) is -0.135. The van der Waals surface area contributed by atoms with Gasteiger partial charge in [0.05, 0.1) is 5.92 Å². The third kappa shape index (κ3) is 1.98. The molecule has 2 atom stereocenters. The highest BCUT2D eigenvalue weighted by Gasteiger charge is 2.40. The first kappa shape index (κ1) is 10.5. The molecule has 1 aliphatic heterocycles. The number of carboxylic acid groups (broad SMARTS) is 1. The third-order valence-corrected chi connectivity index (χ3v) is 3.51. The quantitative estimate of drug-likeness (QED) is 0.744. The van der Waals surface area contributed by atoms with E-state index in [-0.39, 0.29) is 23.8 Å². The van der Waals surface area contributed by atoms with Gasteiger partial charge in [0, 0.05) is 18.5 Å². The number of nitrogens with zero attached hydrogens (tertiary/aromatic N) is 1. The number of hydrogen-bond acceptors (Lipinski definition) is 2. The van der Waals surface area contributed by atoms with Crippen molar-refractivity contribution < 1.29 is 14.7 Å². The Labute approximate surface area is 89.3 Å². The molecule has 15 heavy (non-hydrogen) atoms. The van der Waals surface area contributed by atoms with Gasteiger partial charge < -0.3 is 10.0 Å². The van der Waals surface area contributed by atoms with E-state index < -0.39 is 5.97 Å². The van der Waals surface area contributed by atoms with E-state index in [1.807, 2.05) is 6.92 Å². The lowest BCUT2D eigenvalue weighted by Crippen LogP contribution is -2.49. The zero-order valence-corrected chi connectivity index (χ0v) is 8.98. The molecule has 1 saturated carbocycles. The van der Waals surface area contributed by atoms with Crippen LogP contribution in [0.5, 0.6) is 0 Å². The van der Waals surface area contributed by atoms with Crippen LogP contribution >= 0.6 is 0 Å². The highest BCUT2D eigenvalue weighted by atomic mass is 16.4. The molecule has 1 heterocycles. The molecule has 2 rings (SSSR count). The van der Waals surface area contributed by atoms with Gasteiger partial charge in [-0.3, -0.25) is 9.59 Å². The van der Waals surface area contributed by atoms with Gasteiger partial charge >= 0.3 is 5.97 Å². The van der Waals surface area contributed by atoms with Gasteiger partial charge in [0.15, 0.2) is 0 Å². The number of amides is 1. The monoisotopic (exact) mass is 211 g/mol. The van der Waals surface area contributed by atoms with E-state index in [1.54, 1.807) is 4.90 Å². The Morgan fingerprint density at radius 3 is 2.47 bits per heavy atom. The van der Waals surface area contributed by atoms with Crippen molar-refractivity contribution in [1.29, 1.82) is 0 Å². The fourth-order valence-electron chi connectivity index (χ4n) is 2.35. The standard InChI is InChI=1S/C11H17NO3/c1-7-9(11(14)15)3-2-6-12(7)10(13)8-4-5-8/h7-9H,2-6H2,1H3,(H,14,15)/t7-,9-/m1/s1. The van der Waals surface area contributed by atoms with Crippen LogP contribution in [-0.2, 0) is 9.59 Å². The molecule has 0 aromatic heterocycles. The second kappa shape index (κ2) is 3.83. The SMILES string of the molecule is C[C@@H]1[C@H](C(=O)O)CCCN1C(=O)C1CC1. The van der Waals surface area contributed by atoms with E-state index >= 15 is 0 Å². The van der Waals surface area contributed by atoms with Crippen molar-refractivity contribution in [2.24, 2.45) is 11.8 Å². The van der Waals surface area contributed by atoms with Crippen LogP contribution in [-0.4, -0.2) is 34.5 Å². The van der Waals surface area contributed by atoms with E-state index in [4.69, 9.17) is 5.11 Å². The van der Waals surface area contributed by atoms with Crippen LogP contribution < -0.4 is 0 Å². The molecule has 1 aliphatic carbocycles. The van der Waals surface area contributed by atoms with Gasteiger partial charge in [-0.1, -0.05) is 0 Å². The van der Waals surface area contributed by atoms with Crippen LogP contribution in [0, 0.1) is 11.8 Å². The maximum Gasteiger partial charge on any atom is 0.308 e. The average Bonchev–Trinajstić information content (AvgIpc) is 3.00. The molecule has 1 saturated heterocycles. The number of piperidine rings is 1. The van der Waals surface area contributed by atoms with Gasteiger partial charge in [0.1, 0.15) is 0 Å². The summed E-state index contributed by atoms with van der Waals surface area (Å²) in [5.41, 5.74) is 0. The van der Waals surface area contributed by atoms with Crippen molar-refractivity contribution in [2.45, 2.75) is 38.6 Å². The summed E-state index contributed by atoms with van der Waals surface area (Å²) in [6.45, 7) is 2.60. The van der Waals surface area contributed by atoms with Gasteiger partial charge in [-0.25, -0.2) is 0 Å². The predicted molar refractivity (Wildman–Crippen MR) is 54.3 cm³/mol. The highest BCUT2D eigenvalue weighted by molar-refractivity contribution is 5.82. The van der Waals surface area contributed by atoms with Crippen molar-refractivity contribution in [3.8, 4) is 0 Å². The van der Waals surface area contributed by atoms with Crippen molar-refractivity contribution >= 4 is 11.9 Å². The lowest BCUT2D eigenvalue weighted by atomic mass is 9.90. The minimum absolute atomic E-state index is 0.135. The van der Waals surface area contributed by atoms with Gasteiger partial charge in [-0.15, -0.1) is 0 Å². The number of aliphatic carboxylic acids is 1. The van der Waals surface area contributed by atoms with E-state index in [0.29, 0.717) is 6.42 Å². The van der Waals surface area contributed by atoms with Gasteiger partial charge in [0.2, 0.25) is 5.91 Å². The molecule has 0 unspecified atom stereocenters. The zero-order valence-electron chi connectivity index (χ0n) is 8.98. The predicted octanol–water partition coefficient (Wildman–Crippen LogP) is 1.11. The molecular formula is C11H17NO3. The van der Waals surface area contributed by atoms with E-state index in [0.717, 1.165) is 25.8 Å². The second-order valence-corrected chi connectivity index (χ2v) is 4.63. The van der Waals surface area contributed by atoms with Crippen molar-refractivity contribution in [3.63, 3.8) is 0 Å². The molecule has 1 N–H and O–H groups in total. The molecule has 4 nitrogen and oxygen atoms in total. The second-order valence-electron chi connectivity index (χ2n) is 4.63. The maximum atomic E-state index is 11.9. The number of carbonyl (C=O) groups is 2. The van der Waals surface area contributed by atoms with Crippen molar-refractivity contribution in [1.82, 2.24) is 4.90 Å². The maximum absolute atomic E-state index is 11.9. The molecule has 0 aromatic rings. The van der Waals surface area contributed by atoms with Crippen LogP contribution in [0.25, 0.3) is 0 Å². The fraction of sp³-hybridized carbons (Fsp3) is 0.818. The van der Waals surface area contributed by atoms with Gasteiger partial charge in [-0.05, 0) is 32.6 Å². The van der Waals surface area contributed by atoms with Crippen LogP contribution in [0.3, 0.4) is 0 Å². The van der Waals surface area contributed by atoms with E-state index in [9.17, 15) is 9.59 Å². The minimum atomic E-state index is -0.768. The zero-order chi connectivity index (χ0) is 11.0. The van der Waals surface area contributed by atoms with Gasteiger partial charge in [0.25, 0.3) is 0 Å². The first-order chi connectivity index (χ1) is 7.11. The number of likely N-dealkylation sites (tertiary alicyclic amines) is 1. The van der Waals surface area contributed by atoms with Crippen LogP contribution in [0.4, 0.5) is 0 Å². The highest BCUT2D eigenvalue weighted by Crippen LogP contribution is 2.34. The molecule has 2 fully saturated rings. The average molecular weight is 211 g/mol. The topological polar surface area (TPSA) is 57.6 Å². The molecule has 0 aromatic carbocycles. The summed E-state index contributed by atoms with van der Waals surface area (Å²) in [4.78, 5) is 24.6. The van der Waals surface area contributed by atoms with Crippen molar-refractivity contribution in [3.05, 3.63) is 0 Å². The Balaban J connectivity index is 2.04. The minimum Gasteiger partial charge on any atom is -0.481 e. The van der Waals surface area contributed by atoms with Crippen LogP contribution in [0.15, 0.2) is 0 Å². The Morgan fingerprint density at radius 1 is 1.27 bits per heavy atom. The van der Waals surface area contributed by atoms with Gasteiger partial charge in [-0.2, -0.15) is 0 Å². The molecule has 4 heteroatoms. The summed E-state index contributed by atoms with van der Waals surface area (Å²) < 4.78 is 0. The largest absolute Gasteiger partial charge is 0.481 e. The van der Waals surface area contributed by atoms with E-state index in [1.165, 1.54) is 0 Å². The summed E-state index contributed by atoms with van der Waals surface area (Å²) in [7, 11) is 0. The van der Waals surface area contributed by atoms with Crippen LogP contribution in [0.2, 0.25) is 0 Å². The first-order valence-corrected chi connectivity index (χ1v) is 5.64. The lowest BCUT2D eigenvalue weighted by Gasteiger charge is -2.37. The summed E-state index contributed by atoms with van der Waals surface area (Å²) >= 11 is 0. The summed E-state index contributed by atoms with van der Waals surface area (Å²) in [6.07, 6.45) is 3.49. The normalized spacial score (nSPS) is 31.4. The third-order valence-electron chi connectivity index (χ3n) is 3.51. The Bertz CT molecular complexity index is 286. The fourth-order valence-corrected chi connectivity index (χ4v) is 2.35. The number of rotatable bonds is 2. The number of carboxylic acids is 1. The Morgan fingerprint density at radius 2 is 1.93 bits per heavy atom. The molecular weight excluding hydrogens is 194 g/mol. The van der Waals surface area contributed by atoms with Crippen molar-refractivity contribution in [2.75, 3.05) is 6.54 Å². The molecule has 1 amide bonds. The summed E-state index contributed by atoms with van der Waals surface area (Å²) in [5.74, 6) is -0.773. The lowest BCUT2D eigenvalue weighted by molar-refractivity contribution is -0.149. The molecule has 0 bridgehead atoms. The molecule has 0 spiro atoms. The van der Waals surface area contributed by atoms with Crippen LogP contribution in [0.1, 0.15) is 32.6 Å². The Hall–Kier alpha value is -1.06. The molecule has 84 valence electrons. The summed E-state index contributed by atoms with van der Waals surface area (Å²) in [5, 5.41) is 9.02. The van der Waals surface area contributed by atoms with E-state index in [2.05, 4.69) is 0 Å². The Kier molecular flexibility index (Phi) is 2.67. The number of carbonyl (C=O) groups excluding carboxylic acids is 1. The smallest absolute Gasteiger partial charge is 0.308 e. The molecule has 2 aliphatic rings. The first-order valence-electron chi connectivity index (χ1n) is 5.64.